The van der Waals surface area contributed by atoms with Crippen molar-refractivity contribution in [1.29, 1.82) is 0 Å². The van der Waals surface area contributed by atoms with Gasteiger partial charge in [-0.25, -0.2) is 9.97 Å². The quantitative estimate of drug-likeness (QED) is 0.415. The summed E-state index contributed by atoms with van der Waals surface area (Å²) < 4.78 is 17.7. The maximum atomic E-state index is 6.50. The normalized spacial score (nSPS) is 16.8. The van der Waals surface area contributed by atoms with Gasteiger partial charge in [0.05, 0.1) is 29.3 Å². The van der Waals surface area contributed by atoms with Crippen LogP contribution in [0.25, 0.3) is 10.2 Å². The maximum Gasteiger partial charge on any atom is 0.173 e. The summed E-state index contributed by atoms with van der Waals surface area (Å²) in [6.45, 7) is 1.68. The molecule has 0 bridgehead atoms. The highest BCUT2D eigenvalue weighted by Crippen LogP contribution is 2.44. The number of nitrogens with one attached hydrogen (secondary N) is 1. The summed E-state index contributed by atoms with van der Waals surface area (Å²) in [5.41, 5.74) is 2.96. The van der Waals surface area contributed by atoms with Crippen LogP contribution in [0.5, 0.6) is 5.75 Å². The molecule has 0 radical (unpaired) electrons. The van der Waals surface area contributed by atoms with Crippen molar-refractivity contribution in [3.8, 4) is 5.75 Å². The third kappa shape index (κ3) is 4.04. The lowest BCUT2D eigenvalue weighted by molar-refractivity contribution is -0.163. The first-order valence-corrected chi connectivity index (χ1v) is 12.0. The number of aryl methyl sites for hydroxylation is 1. The maximum absolute atomic E-state index is 6.50. The molecule has 1 saturated heterocycles. The summed E-state index contributed by atoms with van der Waals surface area (Å²) in [5, 5.41) is 5.01. The van der Waals surface area contributed by atoms with Gasteiger partial charge in [0, 0.05) is 29.6 Å². The van der Waals surface area contributed by atoms with Crippen LogP contribution >= 0.6 is 22.9 Å². The van der Waals surface area contributed by atoms with E-state index in [-0.39, 0.29) is 0 Å². The van der Waals surface area contributed by atoms with E-state index in [2.05, 4.69) is 20.3 Å². The van der Waals surface area contributed by atoms with Crippen LogP contribution in [-0.4, -0.2) is 34.0 Å². The molecule has 4 heterocycles. The van der Waals surface area contributed by atoms with Gasteiger partial charge in [-0.3, -0.25) is 4.98 Å². The lowest BCUT2D eigenvalue weighted by Gasteiger charge is -2.31. The van der Waals surface area contributed by atoms with Crippen molar-refractivity contribution in [3.63, 3.8) is 0 Å². The number of halogens is 1. The molecule has 1 aliphatic heterocycles. The molecule has 1 spiro atoms. The Bertz CT molecular complexity index is 1310. The average molecular weight is 481 g/mol. The Balaban J connectivity index is 1.24. The fourth-order valence-corrected chi connectivity index (χ4v) is 5.91. The highest BCUT2D eigenvalue weighted by molar-refractivity contribution is 7.19. The van der Waals surface area contributed by atoms with Gasteiger partial charge in [0.1, 0.15) is 29.3 Å². The van der Waals surface area contributed by atoms with Gasteiger partial charge in [0.15, 0.2) is 5.79 Å². The van der Waals surface area contributed by atoms with E-state index in [1.807, 2.05) is 36.4 Å². The number of ether oxygens (including phenoxy) is 3. The second-order valence-electron chi connectivity index (χ2n) is 8.07. The van der Waals surface area contributed by atoms with Crippen LogP contribution in [0.4, 0.5) is 11.5 Å². The molecule has 0 atom stereocenters. The van der Waals surface area contributed by atoms with Gasteiger partial charge >= 0.3 is 0 Å². The summed E-state index contributed by atoms with van der Waals surface area (Å²) in [6.07, 6.45) is 5.81. The Kier molecular flexibility index (Phi) is 5.38. The Morgan fingerprint density at radius 3 is 2.85 bits per heavy atom. The van der Waals surface area contributed by atoms with Crippen LogP contribution in [-0.2, 0) is 28.9 Å². The monoisotopic (exact) mass is 480 g/mol. The van der Waals surface area contributed by atoms with Crippen LogP contribution in [0.2, 0.25) is 5.02 Å². The predicted molar refractivity (Wildman–Crippen MR) is 127 cm³/mol. The van der Waals surface area contributed by atoms with Crippen LogP contribution in [0, 0.1) is 0 Å². The zero-order chi connectivity index (χ0) is 22.3. The second-order valence-corrected chi connectivity index (χ2v) is 9.56. The zero-order valence-electron chi connectivity index (χ0n) is 17.7. The van der Waals surface area contributed by atoms with E-state index in [1.54, 1.807) is 23.9 Å². The average Bonchev–Trinajstić information content (AvgIpc) is 3.44. The highest BCUT2D eigenvalue weighted by Gasteiger charge is 2.41. The smallest absolute Gasteiger partial charge is 0.173 e. The van der Waals surface area contributed by atoms with E-state index in [9.17, 15) is 0 Å². The van der Waals surface area contributed by atoms with Crippen molar-refractivity contribution >= 4 is 44.7 Å². The van der Waals surface area contributed by atoms with E-state index in [4.69, 9.17) is 25.8 Å². The summed E-state index contributed by atoms with van der Waals surface area (Å²) in [6, 6.07) is 11.4. The number of anilines is 2. The molecule has 6 rings (SSSR count). The molecule has 0 unspecified atom stereocenters. The van der Waals surface area contributed by atoms with Crippen molar-refractivity contribution in [2.45, 2.75) is 31.7 Å². The van der Waals surface area contributed by atoms with Crippen LogP contribution in [0.1, 0.15) is 22.6 Å². The van der Waals surface area contributed by atoms with E-state index >= 15 is 0 Å². The number of nitrogens with zero attached hydrogens (tertiary/aromatic N) is 3. The first kappa shape index (κ1) is 20.8. The van der Waals surface area contributed by atoms with Crippen molar-refractivity contribution in [2.75, 3.05) is 18.5 Å². The van der Waals surface area contributed by atoms with Gasteiger partial charge in [0.25, 0.3) is 0 Å². The summed E-state index contributed by atoms with van der Waals surface area (Å²) >= 11 is 8.19. The third-order valence-electron chi connectivity index (χ3n) is 5.97. The molecule has 168 valence electrons. The van der Waals surface area contributed by atoms with Crippen LogP contribution in [0.3, 0.4) is 0 Å². The topological polar surface area (TPSA) is 78.4 Å². The number of rotatable bonds is 5. The van der Waals surface area contributed by atoms with Crippen molar-refractivity contribution in [3.05, 3.63) is 70.1 Å². The molecule has 7 nitrogen and oxygen atoms in total. The second kappa shape index (κ2) is 8.53. The lowest BCUT2D eigenvalue weighted by atomic mass is 9.92. The van der Waals surface area contributed by atoms with Crippen LogP contribution in [0.15, 0.2) is 48.9 Å². The minimum Gasteiger partial charge on any atom is -0.486 e. The molecule has 3 aromatic heterocycles. The Labute approximate surface area is 199 Å². The first-order valence-electron chi connectivity index (χ1n) is 10.8. The fourth-order valence-electron chi connectivity index (χ4n) is 4.40. The van der Waals surface area contributed by atoms with E-state index in [0.29, 0.717) is 30.6 Å². The molecule has 2 aliphatic rings. The highest BCUT2D eigenvalue weighted by atomic mass is 35.5. The Morgan fingerprint density at radius 1 is 1.12 bits per heavy atom. The van der Waals surface area contributed by atoms with Crippen molar-refractivity contribution in [2.24, 2.45) is 0 Å². The van der Waals surface area contributed by atoms with Gasteiger partial charge in [-0.2, -0.15) is 0 Å². The van der Waals surface area contributed by atoms with Crippen molar-refractivity contribution < 1.29 is 14.2 Å². The van der Waals surface area contributed by atoms with Gasteiger partial charge < -0.3 is 19.5 Å². The van der Waals surface area contributed by atoms with Gasteiger partial charge in [-0.1, -0.05) is 17.7 Å². The molecule has 0 saturated carbocycles. The number of hydrogen-bond acceptors (Lipinski definition) is 8. The molecule has 1 aromatic carbocycles. The molecule has 1 aliphatic carbocycles. The van der Waals surface area contributed by atoms with E-state index < -0.39 is 5.79 Å². The minimum absolute atomic E-state index is 0.357. The van der Waals surface area contributed by atoms with Gasteiger partial charge in [-0.05, 0) is 42.3 Å². The molecule has 0 amide bonds. The summed E-state index contributed by atoms with van der Waals surface area (Å²) in [5.74, 6) is 0.920. The lowest BCUT2D eigenvalue weighted by Crippen LogP contribution is -2.36. The number of thiophene rings is 1. The molecule has 1 N–H and O–H groups in total. The number of aromatic nitrogens is 3. The largest absolute Gasteiger partial charge is 0.486 e. The molecule has 4 aromatic rings. The van der Waals surface area contributed by atoms with Crippen LogP contribution < -0.4 is 10.1 Å². The standard InChI is InChI=1S/C24H21ClN4O3S/c25-18-11-15(4-5-19(18)30-13-16-3-1-2-8-26-16)29-22-21-17-6-7-24(31-9-10-32-24)12-20(17)33-23(21)28-14-27-22/h1-5,8,11,14H,6-7,9-10,12-13H2,(H,27,28,29). The third-order valence-corrected chi connectivity index (χ3v) is 7.40. The van der Waals surface area contributed by atoms with E-state index in [0.717, 1.165) is 46.7 Å². The van der Waals surface area contributed by atoms with Gasteiger partial charge in [-0.15, -0.1) is 11.3 Å². The number of hydrogen-bond donors (Lipinski definition) is 1. The fraction of sp³-hybridized carbons (Fsp3) is 0.292. The summed E-state index contributed by atoms with van der Waals surface area (Å²) in [4.78, 5) is 15.6. The SMILES string of the molecule is Clc1cc(Nc2ncnc3sc4c(c23)CCC2(C4)OCCO2)ccc1OCc1ccccn1. The molecule has 9 heteroatoms. The molecular formula is C24H21ClN4O3S. The summed E-state index contributed by atoms with van der Waals surface area (Å²) in [7, 11) is 0. The predicted octanol–water partition coefficient (Wildman–Crippen LogP) is 5.29. The van der Waals surface area contributed by atoms with E-state index in [1.165, 1.54) is 10.4 Å². The molecular weight excluding hydrogens is 460 g/mol. The minimum atomic E-state index is -0.465. The number of benzene rings is 1. The number of pyridine rings is 1. The zero-order valence-corrected chi connectivity index (χ0v) is 19.3. The Morgan fingerprint density at radius 2 is 2.03 bits per heavy atom. The van der Waals surface area contributed by atoms with Crippen molar-refractivity contribution in [1.82, 2.24) is 15.0 Å². The Hall–Kier alpha value is -2.78. The number of fused-ring (bicyclic) bond motifs is 3. The first-order chi connectivity index (χ1) is 16.2. The molecule has 33 heavy (non-hydrogen) atoms. The molecule has 1 fully saturated rings. The van der Waals surface area contributed by atoms with Gasteiger partial charge in [0.2, 0.25) is 0 Å².